The topological polar surface area (TPSA) is 132 Å². The SMILES string of the molecule is CCOC(=O)c1c(NC(=O)CSc2cccc(NC(=O)/C(=C\c3cc(OC)ccc3OC)NC(=O)c3ccccc3)c2)sc2c1CCCC2. The van der Waals surface area contributed by atoms with Crippen molar-refractivity contribution in [2.75, 3.05) is 37.2 Å². The molecule has 1 aliphatic carbocycles. The Kier molecular flexibility index (Phi) is 12.1. The molecule has 1 aromatic heterocycles. The van der Waals surface area contributed by atoms with Gasteiger partial charge < -0.3 is 30.2 Å². The molecule has 0 bridgehead atoms. The number of nitrogens with one attached hydrogen (secondary N) is 3. The lowest BCUT2D eigenvalue weighted by atomic mass is 9.95. The van der Waals surface area contributed by atoms with Gasteiger partial charge in [-0.3, -0.25) is 14.4 Å². The molecule has 0 saturated carbocycles. The number of carbonyl (C=O) groups is 4. The Morgan fingerprint density at radius 1 is 0.898 bits per heavy atom. The molecule has 0 spiro atoms. The van der Waals surface area contributed by atoms with Gasteiger partial charge in [-0.05, 0) is 92.8 Å². The molecular weight excluding hydrogens is 663 g/mol. The number of hydrogen-bond donors (Lipinski definition) is 3. The Morgan fingerprint density at radius 3 is 2.45 bits per heavy atom. The molecule has 10 nitrogen and oxygen atoms in total. The lowest BCUT2D eigenvalue weighted by molar-refractivity contribution is -0.114. The van der Waals surface area contributed by atoms with Crippen LogP contribution in [0.5, 0.6) is 11.5 Å². The summed E-state index contributed by atoms with van der Waals surface area (Å²) in [4.78, 5) is 54.5. The van der Waals surface area contributed by atoms with E-state index < -0.39 is 17.8 Å². The molecule has 4 aromatic rings. The van der Waals surface area contributed by atoms with Crippen LogP contribution < -0.4 is 25.4 Å². The lowest BCUT2D eigenvalue weighted by Gasteiger charge is -2.14. The van der Waals surface area contributed by atoms with Gasteiger partial charge in [-0.2, -0.15) is 0 Å². The quantitative estimate of drug-likeness (QED) is 0.0776. The molecule has 0 fully saturated rings. The Hall–Kier alpha value is -5.07. The van der Waals surface area contributed by atoms with Crippen molar-refractivity contribution < 1.29 is 33.4 Å². The molecule has 254 valence electrons. The standard InChI is InChI=1S/C37H37N3O7S2/c1-4-47-37(44)33-28-15-8-9-16-31(28)49-36(33)40-32(41)22-48-27-14-10-13-25(21-27)38-35(43)29(39-34(42)23-11-6-5-7-12-23)20-24-19-26(45-2)17-18-30(24)46-3/h5-7,10-14,17-21H,4,8-9,15-16,22H2,1-3H3,(H,38,43)(H,39,42)(H,40,41)/b29-20+. The highest BCUT2D eigenvalue weighted by Crippen LogP contribution is 2.39. The van der Waals surface area contributed by atoms with Crippen molar-refractivity contribution in [3.8, 4) is 11.5 Å². The van der Waals surface area contributed by atoms with Crippen LogP contribution in [0.4, 0.5) is 10.7 Å². The van der Waals surface area contributed by atoms with Crippen molar-refractivity contribution in [2.45, 2.75) is 37.5 Å². The fraction of sp³-hybridized carbons (Fsp3) is 0.243. The molecule has 0 saturated heterocycles. The number of methoxy groups -OCH3 is 2. The van der Waals surface area contributed by atoms with E-state index in [-0.39, 0.29) is 24.0 Å². The molecule has 0 aliphatic heterocycles. The summed E-state index contributed by atoms with van der Waals surface area (Å²) < 4.78 is 16.1. The van der Waals surface area contributed by atoms with Crippen LogP contribution in [-0.2, 0) is 27.2 Å². The fourth-order valence-electron chi connectivity index (χ4n) is 5.30. The molecule has 1 heterocycles. The van der Waals surface area contributed by atoms with E-state index >= 15 is 0 Å². The third-order valence-corrected chi connectivity index (χ3v) is 9.83. The van der Waals surface area contributed by atoms with E-state index in [1.807, 2.05) is 6.07 Å². The van der Waals surface area contributed by atoms with E-state index in [9.17, 15) is 19.2 Å². The van der Waals surface area contributed by atoms with Crippen molar-refractivity contribution in [3.05, 3.63) is 106 Å². The van der Waals surface area contributed by atoms with Crippen LogP contribution in [0.2, 0.25) is 0 Å². The van der Waals surface area contributed by atoms with Gasteiger partial charge in [-0.25, -0.2) is 4.79 Å². The zero-order valence-electron chi connectivity index (χ0n) is 27.4. The number of thioether (sulfide) groups is 1. The number of thiophene rings is 1. The average molecular weight is 700 g/mol. The van der Waals surface area contributed by atoms with Gasteiger partial charge in [0.15, 0.2) is 0 Å². The Labute approximate surface area is 293 Å². The summed E-state index contributed by atoms with van der Waals surface area (Å²) in [6, 6.07) is 20.8. The maximum Gasteiger partial charge on any atom is 0.341 e. The fourth-order valence-corrected chi connectivity index (χ4v) is 7.35. The smallest absolute Gasteiger partial charge is 0.341 e. The minimum atomic E-state index is -0.567. The Bertz CT molecular complexity index is 1870. The molecule has 0 atom stereocenters. The monoisotopic (exact) mass is 699 g/mol. The number of aryl methyl sites for hydroxylation is 1. The minimum Gasteiger partial charge on any atom is -0.497 e. The average Bonchev–Trinajstić information content (AvgIpc) is 3.48. The van der Waals surface area contributed by atoms with Crippen molar-refractivity contribution >= 4 is 63.6 Å². The second-order valence-corrected chi connectivity index (χ2v) is 13.1. The van der Waals surface area contributed by atoms with Crippen molar-refractivity contribution in [1.82, 2.24) is 5.32 Å². The van der Waals surface area contributed by atoms with Crippen LogP contribution >= 0.6 is 23.1 Å². The summed E-state index contributed by atoms with van der Waals surface area (Å²) in [5, 5.41) is 9.05. The number of hydrogen-bond acceptors (Lipinski definition) is 9. The number of fused-ring (bicyclic) bond motifs is 1. The molecule has 0 radical (unpaired) electrons. The third-order valence-electron chi connectivity index (χ3n) is 7.63. The highest BCUT2D eigenvalue weighted by Gasteiger charge is 2.27. The van der Waals surface area contributed by atoms with Crippen LogP contribution in [-0.4, -0.2) is 50.3 Å². The van der Waals surface area contributed by atoms with Gasteiger partial charge in [0.1, 0.15) is 22.2 Å². The summed E-state index contributed by atoms with van der Waals surface area (Å²) in [6.45, 7) is 2.02. The molecule has 3 amide bonds. The van der Waals surface area contributed by atoms with Gasteiger partial charge in [0.2, 0.25) is 5.91 Å². The number of benzene rings is 3. The van der Waals surface area contributed by atoms with E-state index in [1.54, 1.807) is 73.7 Å². The van der Waals surface area contributed by atoms with E-state index in [0.717, 1.165) is 41.0 Å². The Morgan fingerprint density at radius 2 is 1.69 bits per heavy atom. The van der Waals surface area contributed by atoms with Gasteiger partial charge in [0.05, 0.1) is 32.1 Å². The normalized spacial score (nSPS) is 12.3. The van der Waals surface area contributed by atoms with Gasteiger partial charge >= 0.3 is 5.97 Å². The zero-order valence-corrected chi connectivity index (χ0v) is 29.1. The molecule has 1 aliphatic rings. The van der Waals surface area contributed by atoms with Crippen LogP contribution in [0, 0.1) is 0 Å². The zero-order chi connectivity index (χ0) is 34.8. The second kappa shape index (κ2) is 16.8. The van der Waals surface area contributed by atoms with Gasteiger partial charge in [-0.15, -0.1) is 23.1 Å². The summed E-state index contributed by atoms with van der Waals surface area (Å²) in [5.74, 6) is -0.592. The molecule has 3 aromatic carbocycles. The van der Waals surface area contributed by atoms with E-state index in [1.165, 1.54) is 43.4 Å². The molecule has 3 N–H and O–H groups in total. The van der Waals surface area contributed by atoms with Crippen molar-refractivity contribution in [1.29, 1.82) is 0 Å². The highest BCUT2D eigenvalue weighted by atomic mass is 32.2. The Balaban J connectivity index is 1.30. The van der Waals surface area contributed by atoms with Crippen molar-refractivity contribution in [2.24, 2.45) is 0 Å². The number of amides is 3. The number of esters is 1. The van der Waals surface area contributed by atoms with Gasteiger partial charge in [0.25, 0.3) is 11.8 Å². The summed E-state index contributed by atoms with van der Waals surface area (Å²) >= 11 is 2.73. The predicted octanol–water partition coefficient (Wildman–Crippen LogP) is 6.96. The summed E-state index contributed by atoms with van der Waals surface area (Å²) in [7, 11) is 3.04. The first-order valence-electron chi connectivity index (χ1n) is 15.8. The maximum absolute atomic E-state index is 13.7. The molecule has 0 unspecified atom stereocenters. The molecule has 49 heavy (non-hydrogen) atoms. The van der Waals surface area contributed by atoms with Crippen LogP contribution in [0.25, 0.3) is 6.08 Å². The molecular formula is C37H37N3O7S2. The van der Waals surface area contributed by atoms with Gasteiger partial charge in [-0.1, -0.05) is 24.3 Å². The first-order valence-corrected chi connectivity index (χ1v) is 17.6. The first kappa shape index (κ1) is 35.2. The number of ether oxygens (including phenoxy) is 3. The third kappa shape index (κ3) is 9.09. The number of carbonyl (C=O) groups excluding carboxylic acids is 4. The van der Waals surface area contributed by atoms with Crippen LogP contribution in [0.1, 0.15) is 56.5 Å². The minimum absolute atomic E-state index is 0.0195. The van der Waals surface area contributed by atoms with Crippen molar-refractivity contribution in [3.63, 3.8) is 0 Å². The second-order valence-electron chi connectivity index (χ2n) is 10.9. The molecule has 5 rings (SSSR count). The van der Waals surface area contributed by atoms with E-state index in [4.69, 9.17) is 14.2 Å². The lowest BCUT2D eigenvalue weighted by Crippen LogP contribution is -2.30. The molecule has 12 heteroatoms. The van der Waals surface area contributed by atoms with E-state index in [0.29, 0.717) is 38.9 Å². The summed E-state index contributed by atoms with van der Waals surface area (Å²) in [6.07, 6.45) is 5.25. The number of rotatable bonds is 13. The van der Waals surface area contributed by atoms with Gasteiger partial charge in [0, 0.05) is 26.6 Å². The van der Waals surface area contributed by atoms with Crippen LogP contribution in [0.15, 0.2) is 83.4 Å². The van der Waals surface area contributed by atoms with E-state index in [2.05, 4.69) is 16.0 Å². The number of anilines is 2. The predicted molar refractivity (Wildman–Crippen MR) is 193 cm³/mol. The van der Waals surface area contributed by atoms with Crippen LogP contribution in [0.3, 0.4) is 0 Å². The summed E-state index contributed by atoms with van der Waals surface area (Å²) in [5.41, 5.74) is 2.80. The first-order chi connectivity index (χ1) is 23.8. The maximum atomic E-state index is 13.7. The highest BCUT2D eigenvalue weighted by molar-refractivity contribution is 8.00. The largest absolute Gasteiger partial charge is 0.497 e.